The van der Waals surface area contributed by atoms with Gasteiger partial charge >= 0.3 is 0 Å². The van der Waals surface area contributed by atoms with E-state index in [1.54, 1.807) is 0 Å². The number of hydrazine groups is 1. The Kier molecular flexibility index (Phi) is 4.17. The number of anilines is 1. The Morgan fingerprint density at radius 2 is 1.95 bits per heavy atom. The van der Waals surface area contributed by atoms with E-state index in [-0.39, 0.29) is 0 Å². The Hall–Kier alpha value is -1.46. The van der Waals surface area contributed by atoms with Crippen LogP contribution in [0.2, 0.25) is 0 Å². The van der Waals surface area contributed by atoms with Crippen LogP contribution in [0.3, 0.4) is 0 Å². The van der Waals surface area contributed by atoms with E-state index in [1.807, 2.05) is 25.1 Å². The van der Waals surface area contributed by atoms with Crippen molar-refractivity contribution in [1.82, 2.24) is 9.97 Å². The summed E-state index contributed by atoms with van der Waals surface area (Å²) in [6.45, 7) is 6.24. The van der Waals surface area contributed by atoms with Gasteiger partial charge in [-0.25, -0.2) is 15.8 Å². The average Bonchev–Trinajstić information content (AvgIpc) is 2.38. The first-order valence-electron chi connectivity index (χ1n) is 6.13. The van der Waals surface area contributed by atoms with E-state index in [0.29, 0.717) is 17.6 Å². The van der Waals surface area contributed by atoms with Crippen molar-refractivity contribution >= 4 is 21.7 Å². The lowest BCUT2D eigenvalue weighted by atomic mass is 10.1. The van der Waals surface area contributed by atoms with Gasteiger partial charge < -0.3 is 5.43 Å². The Morgan fingerprint density at radius 3 is 2.53 bits per heavy atom. The van der Waals surface area contributed by atoms with Gasteiger partial charge in [-0.05, 0) is 36.6 Å². The molecule has 3 N–H and O–H groups in total. The lowest BCUT2D eigenvalue weighted by Crippen LogP contribution is -2.11. The quantitative estimate of drug-likeness (QED) is 0.669. The van der Waals surface area contributed by atoms with Crippen molar-refractivity contribution in [3.63, 3.8) is 0 Å². The van der Waals surface area contributed by atoms with Crippen molar-refractivity contribution in [1.29, 1.82) is 0 Å². The molecule has 0 saturated heterocycles. The minimum Gasteiger partial charge on any atom is -0.308 e. The van der Waals surface area contributed by atoms with Crippen molar-refractivity contribution in [2.24, 2.45) is 5.84 Å². The van der Waals surface area contributed by atoms with Gasteiger partial charge in [0.1, 0.15) is 5.82 Å². The molecule has 0 amide bonds. The number of halogens is 1. The molecule has 0 atom stereocenters. The number of nitrogens with two attached hydrogens (primary N) is 1. The number of aryl methyl sites for hydroxylation is 1. The SMILES string of the molecule is Cc1cc(Br)ccc1-c1nc(NN)cc(C(C)C)n1. The molecule has 0 radical (unpaired) electrons. The number of hydrogen-bond donors (Lipinski definition) is 2. The summed E-state index contributed by atoms with van der Waals surface area (Å²) in [5.41, 5.74) is 5.71. The minimum atomic E-state index is 0.324. The number of hydrogen-bond acceptors (Lipinski definition) is 4. The number of nitrogens with one attached hydrogen (secondary N) is 1. The van der Waals surface area contributed by atoms with Crippen LogP contribution in [0.5, 0.6) is 0 Å². The zero-order chi connectivity index (χ0) is 14.0. The highest BCUT2D eigenvalue weighted by atomic mass is 79.9. The predicted octanol–water partition coefficient (Wildman–Crippen LogP) is 3.62. The maximum absolute atomic E-state index is 5.48. The van der Waals surface area contributed by atoms with Crippen LogP contribution in [-0.2, 0) is 0 Å². The molecular formula is C14H17BrN4. The predicted molar refractivity (Wildman–Crippen MR) is 81.8 cm³/mol. The van der Waals surface area contributed by atoms with E-state index < -0.39 is 0 Å². The number of nitrogen functional groups attached to an aromatic ring is 1. The normalized spacial score (nSPS) is 10.8. The largest absolute Gasteiger partial charge is 0.308 e. The lowest BCUT2D eigenvalue weighted by molar-refractivity contribution is 0.817. The van der Waals surface area contributed by atoms with Gasteiger partial charge in [0.2, 0.25) is 0 Å². The fraction of sp³-hybridized carbons (Fsp3) is 0.286. The van der Waals surface area contributed by atoms with E-state index in [4.69, 9.17) is 5.84 Å². The van der Waals surface area contributed by atoms with E-state index in [1.165, 1.54) is 0 Å². The third kappa shape index (κ3) is 3.11. The van der Waals surface area contributed by atoms with E-state index in [0.717, 1.165) is 21.3 Å². The van der Waals surface area contributed by atoms with E-state index in [9.17, 15) is 0 Å². The van der Waals surface area contributed by atoms with Crippen molar-refractivity contribution in [3.8, 4) is 11.4 Å². The van der Waals surface area contributed by atoms with Crippen LogP contribution < -0.4 is 11.3 Å². The van der Waals surface area contributed by atoms with E-state index >= 15 is 0 Å². The van der Waals surface area contributed by atoms with Crippen LogP contribution in [0.1, 0.15) is 31.0 Å². The highest BCUT2D eigenvalue weighted by Gasteiger charge is 2.11. The highest BCUT2D eigenvalue weighted by Crippen LogP contribution is 2.26. The van der Waals surface area contributed by atoms with Crippen molar-refractivity contribution in [2.45, 2.75) is 26.7 Å². The van der Waals surface area contributed by atoms with Crippen molar-refractivity contribution in [3.05, 3.63) is 40.0 Å². The Labute approximate surface area is 121 Å². The van der Waals surface area contributed by atoms with Crippen LogP contribution in [0.15, 0.2) is 28.7 Å². The Bertz CT molecular complexity index is 596. The van der Waals surface area contributed by atoms with Crippen LogP contribution in [0, 0.1) is 6.92 Å². The van der Waals surface area contributed by atoms with Gasteiger partial charge in [0.15, 0.2) is 5.82 Å². The average molecular weight is 321 g/mol. The molecular weight excluding hydrogens is 304 g/mol. The molecule has 4 nitrogen and oxygen atoms in total. The number of benzene rings is 1. The number of aromatic nitrogens is 2. The zero-order valence-electron chi connectivity index (χ0n) is 11.2. The molecule has 100 valence electrons. The Morgan fingerprint density at radius 1 is 1.21 bits per heavy atom. The topological polar surface area (TPSA) is 63.8 Å². The second-order valence-corrected chi connectivity index (χ2v) is 5.68. The monoisotopic (exact) mass is 320 g/mol. The first-order valence-corrected chi connectivity index (χ1v) is 6.92. The smallest absolute Gasteiger partial charge is 0.162 e. The van der Waals surface area contributed by atoms with Crippen molar-refractivity contribution in [2.75, 3.05) is 5.43 Å². The summed E-state index contributed by atoms with van der Waals surface area (Å²) in [6, 6.07) is 7.93. The highest BCUT2D eigenvalue weighted by molar-refractivity contribution is 9.10. The first-order chi connectivity index (χ1) is 9.01. The minimum absolute atomic E-state index is 0.324. The van der Waals surface area contributed by atoms with Crippen LogP contribution in [0.4, 0.5) is 5.82 Å². The summed E-state index contributed by atoms with van der Waals surface area (Å²) >= 11 is 3.46. The fourth-order valence-corrected chi connectivity index (χ4v) is 2.31. The molecule has 0 aliphatic rings. The van der Waals surface area contributed by atoms with Crippen molar-refractivity contribution < 1.29 is 0 Å². The second-order valence-electron chi connectivity index (χ2n) is 4.76. The lowest BCUT2D eigenvalue weighted by Gasteiger charge is -2.11. The molecule has 0 fully saturated rings. The molecule has 0 aliphatic heterocycles. The molecule has 0 spiro atoms. The van der Waals surface area contributed by atoms with Crippen LogP contribution in [0.25, 0.3) is 11.4 Å². The van der Waals surface area contributed by atoms with Gasteiger partial charge in [0, 0.05) is 21.8 Å². The maximum Gasteiger partial charge on any atom is 0.162 e. The third-order valence-electron chi connectivity index (χ3n) is 2.91. The summed E-state index contributed by atoms with van der Waals surface area (Å²) in [6.07, 6.45) is 0. The molecule has 2 aromatic rings. The van der Waals surface area contributed by atoms with Gasteiger partial charge in [0.25, 0.3) is 0 Å². The molecule has 0 aliphatic carbocycles. The number of rotatable bonds is 3. The summed E-state index contributed by atoms with van der Waals surface area (Å²) in [7, 11) is 0. The van der Waals surface area contributed by atoms with Gasteiger partial charge in [-0.3, -0.25) is 0 Å². The van der Waals surface area contributed by atoms with E-state index in [2.05, 4.69) is 51.2 Å². The first kappa shape index (κ1) is 14.0. The third-order valence-corrected chi connectivity index (χ3v) is 3.41. The number of nitrogens with zero attached hydrogens (tertiary/aromatic N) is 2. The second kappa shape index (κ2) is 5.67. The molecule has 1 heterocycles. The summed E-state index contributed by atoms with van der Waals surface area (Å²) in [5.74, 6) is 7.14. The summed E-state index contributed by atoms with van der Waals surface area (Å²) in [4.78, 5) is 9.05. The molecule has 1 aromatic carbocycles. The standard InChI is InChI=1S/C14H17BrN4/c1-8(2)12-7-13(19-16)18-14(17-12)11-5-4-10(15)6-9(11)3/h4-8H,16H2,1-3H3,(H,17,18,19). The molecule has 0 unspecified atom stereocenters. The molecule has 19 heavy (non-hydrogen) atoms. The molecule has 0 bridgehead atoms. The van der Waals surface area contributed by atoms with Gasteiger partial charge in [-0.2, -0.15) is 0 Å². The van der Waals surface area contributed by atoms with Gasteiger partial charge in [-0.1, -0.05) is 29.8 Å². The molecule has 5 heteroatoms. The van der Waals surface area contributed by atoms with Crippen LogP contribution >= 0.6 is 15.9 Å². The zero-order valence-corrected chi connectivity index (χ0v) is 12.8. The van der Waals surface area contributed by atoms with Gasteiger partial charge in [-0.15, -0.1) is 0 Å². The Balaban J connectivity index is 2.57. The van der Waals surface area contributed by atoms with Gasteiger partial charge in [0.05, 0.1) is 0 Å². The molecule has 2 rings (SSSR count). The maximum atomic E-state index is 5.48. The fourth-order valence-electron chi connectivity index (χ4n) is 1.83. The summed E-state index contributed by atoms with van der Waals surface area (Å²) in [5, 5.41) is 0. The summed E-state index contributed by atoms with van der Waals surface area (Å²) < 4.78 is 1.05. The molecule has 1 aromatic heterocycles. The molecule has 0 saturated carbocycles. The van der Waals surface area contributed by atoms with Crippen LogP contribution in [-0.4, -0.2) is 9.97 Å².